The average molecular weight is 480 g/mol. The van der Waals surface area contributed by atoms with Gasteiger partial charge < -0.3 is 15.4 Å². The molecule has 174 valence electrons. The van der Waals surface area contributed by atoms with Crippen molar-refractivity contribution in [1.82, 2.24) is 4.31 Å². The molecule has 2 rings (SSSR count). The lowest BCUT2D eigenvalue weighted by atomic mass is 10.3. The summed E-state index contributed by atoms with van der Waals surface area (Å²) in [7, 11) is -3.76. The summed E-state index contributed by atoms with van der Waals surface area (Å²) in [6.45, 7) is 7.75. The van der Waals surface area contributed by atoms with Crippen LogP contribution >= 0.6 is 11.8 Å². The first-order chi connectivity index (χ1) is 15.2. The van der Waals surface area contributed by atoms with E-state index in [0.29, 0.717) is 31.1 Å². The number of benzene rings is 2. The third-order valence-corrected chi connectivity index (χ3v) is 7.48. The Morgan fingerprint density at radius 1 is 0.969 bits per heavy atom. The summed E-state index contributed by atoms with van der Waals surface area (Å²) in [6.07, 6.45) is 0. The maximum absolute atomic E-state index is 13.0. The quantitative estimate of drug-likeness (QED) is 0.475. The molecule has 0 saturated carbocycles. The predicted octanol–water partition coefficient (Wildman–Crippen LogP) is 3.81. The summed E-state index contributed by atoms with van der Waals surface area (Å²) in [5.74, 6) is -0.0185. The van der Waals surface area contributed by atoms with Crippen molar-refractivity contribution in [2.24, 2.45) is 0 Å². The molecule has 2 aromatic rings. The molecule has 0 bridgehead atoms. The number of carbonyl (C=O) groups excluding carboxylic acids is 2. The second-order valence-corrected chi connectivity index (χ2v) is 9.68. The molecule has 2 N–H and O–H groups in total. The van der Waals surface area contributed by atoms with Crippen LogP contribution in [0.25, 0.3) is 0 Å². The van der Waals surface area contributed by atoms with Gasteiger partial charge in [0.25, 0.3) is 0 Å². The van der Waals surface area contributed by atoms with Gasteiger partial charge in [0.05, 0.1) is 12.4 Å². The molecular weight excluding hydrogens is 450 g/mol. The first kappa shape index (κ1) is 25.7. The molecule has 2 aromatic carbocycles. The lowest BCUT2D eigenvalue weighted by Gasteiger charge is -2.21. The first-order valence-corrected chi connectivity index (χ1v) is 12.7. The van der Waals surface area contributed by atoms with Crippen LogP contribution in [0.15, 0.2) is 52.3 Å². The standard InChI is InChI=1S/C22H29N3O5S2/c1-5-25(6-2)32(28,29)21-14-18(10-13-20(21)30-7-3)24-22(27)15-31-19-11-8-17(9-12-19)23-16(4)26/h8-14H,5-7,15H2,1-4H3,(H,23,26)(H,24,27). The lowest BCUT2D eigenvalue weighted by Crippen LogP contribution is -2.31. The Labute approximate surface area is 193 Å². The summed E-state index contributed by atoms with van der Waals surface area (Å²) < 4.78 is 32.9. The number of nitrogens with zero attached hydrogens (tertiary/aromatic N) is 1. The Bertz CT molecular complexity index is 1040. The maximum Gasteiger partial charge on any atom is 0.246 e. The second kappa shape index (κ2) is 11.9. The van der Waals surface area contributed by atoms with Gasteiger partial charge in [-0.25, -0.2) is 8.42 Å². The predicted molar refractivity (Wildman–Crippen MR) is 128 cm³/mol. The smallest absolute Gasteiger partial charge is 0.246 e. The molecule has 0 aliphatic rings. The van der Waals surface area contributed by atoms with Crippen molar-refractivity contribution >= 4 is 45.0 Å². The Kier molecular flexibility index (Phi) is 9.55. The first-order valence-electron chi connectivity index (χ1n) is 10.3. The van der Waals surface area contributed by atoms with Crippen LogP contribution in [0.2, 0.25) is 0 Å². The van der Waals surface area contributed by atoms with Crippen LogP contribution in [0.5, 0.6) is 5.75 Å². The fraction of sp³-hybridized carbons (Fsp3) is 0.364. The average Bonchev–Trinajstić information content (AvgIpc) is 2.74. The van der Waals surface area contributed by atoms with E-state index < -0.39 is 10.0 Å². The van der Waals surface area contributed by atoms with Crippen LogP contribution in [-0.2, 0) is 19.6 Å². The van der Waals surface area contributed by atoms with Crippen molar-refractivity contribution in [3.63, 3.8) is 0 Å². The van der Waals surface area contributed by atoms with Crippen LogP contribution in [-0.4, -0.2) is 50.0 Å². The third-order valence-electron chi connectivity index (χ3n) is 4.40. The van der Waals surface area contributed by atoms with Gasteiger partial charge in [-0.15, -0.1) is 11.8 Å². The highest BCUT2D eigenvalue weighted by Crippen LogP contribution is 2.30. The number of hydrogen-bond donors (Lipinski definition) is 2. The highest BCUT2D eigenvalue weighted by Gasteiger charge is 2.26. The van der Waals surface area contributed by atoms with Crippen LogP contribution in [0.1, 0.15) is 27.7 Å². The molecule has 0 aliphatic carbocycles. The molecule has 0 saturated heterocycles. The van der Waals surface area contributed by atoms with E-state index in [1.54, 1.807) is 45.0 Å². The van der Waals surface area contributed by atoms with Crippen molar-refractivity contribution in [3.05, 3.63) is 42.5 Å². The zero-order chi connectivity index (χ0) is 23.7. The van der Waals surface area contributed by atoms with E-state index in [1.165, 1.54) is 29.1 Å². The van der Waals surface area contributed by atoms with Crippen molar-refractivity contribution < 1.29 is 22.7 Å². The van der Waals surface area contributed by atoms with Crippen molar-refractivity contribution in [3.8, 4) is 5.75 Å². The van der Waals surface area contributed by atoms with E-state index in [4.69, 9.17) is 4.74 Å². The Hall–Kier alpha value is -2.56. The van der Waals surface area contributed by atoms with E-state index in [-0.39, 0.29) is 28.2 Å². The van der Waals surface area contributed by atoms with Gasteiger partial charge in [-0.2, -0.15) is 4.31 Å². The van der Waals surface area contributed by atoms with Crippen LogP contribution in [0.3, 0.4) is 0 Å². The monoisotopic (exact) mass is 479 g/mol. The van der Waals surface area contributed by atoms with Gasteiger partial charge in [0.2, 0.25) is 21.8 Å². The van der Waals surface area contributed by atoms with Gasteiger partial charge >= 0.3 is 0 Å². The number of carbonyl (C=O) groups is 2. The maximum atomic E-state index is 13.0. The highest BCUT2D eigenvalue weighted by atomic mass is 32.2. The molecular formula is C22H29N3O5S2. The Morgan fingerprint density at radius 3 is 2.16 bits per heavy atom. The summed E-state index contributed by atoms with van der Waals surface area (Å²) in [4.78, 5) is 24.4. The molecule has 0 spiro atoms. The number of rotatable bonds is 11. The van der Waals surface area contributed by atoms with Gasteiger partial charge in [0.1, 0.15) is 10.6 Å². The summed E-state index contributed by atoms with van der Waals surface area (Å²) in [6, 6.07) is 11.8. The lowest BCUT2D eigenvalue weighted by molar-refractivity contribution is -0.114. The summed E-state index contributed by atoms with van der Waals surface area (Å²) in [5, 5.41) is 5.44. The molecule has 10 heteroatoms. The minimum absolute atomic E-state index is 0.0297. The molecule has 8 nitrogen and oxygen atoms in total. The normalized spacial score (nSPS) is 11.3. The minimum atomic E-state index is -3.76. The number of nitrogens with one attached hydrogen (secondary N) is 2. The van der Waals surface area contributed by atoms with E-state index in [2.05, 4.69) is 10.6 Å². The van der Waals surface area contributed by atoms with E-state index in [0.717, 1.165) is 4.90 Å². The van der Waals surface area contributed by atoms with E-state index in [9.17, 15) is 18.0 Å². The molecule has 2 amide bonds. The second-order valence-electron chi connectivity index (χ2n) is 6.73. The molecule has 32 heavy (non-hydrogen) atoms. The van der Waals surface area contributed by atoms with E-state index in [1.807, 2.05) is 12.1 Å². The minimum Gasteiger partial charge on any atom is -0.492 e. The third kappa shape index (κ3) is 6.98. The summed E-state index contributed by atoms with van der Waals surface area (Å²) in [5.41, 5.74) is 1.06. The van der Waals surface area contributed by atoms with Crippen LogP contribution in [0, 0.1) is 0 Å². The molecule has 0 heterocycles. The topological polar surface area (TPSA) is 105 Å². The zero-order valence-electron chi connectivity index (χ0n) is 18.7. The number of anilines is 2. The van der Waals surface area contributed by atoms with Gasteiger partial charge in [0, 0.05) is 36.3 Å². The number of sulfonamides is 1. The van der Waals surface area contributed by atoms with Crippen molar-refractivity contribution in [2.75, 3.05) is 36.1 Å². The largest absolute Gasteiger partial charge is 0.492 e. The van der Waals surface area contributed by atoms with Crippen LogP contribution in [0.4, 0.5) is 11.4 Å². The Morgan fingerprint density at radius 2 is 1.59 bits per heavy atom. The molecule has 0 fully saturated rings. The van der Waals surface area contributed by atoms with Crippen LogP contribution < -0.4 is 15.4 Å². The molecule has 0 aromatic heterocycles. The van der Waals surface area contributed by atoms with E-state index >= 15 is 0 Å². The Balaban J connectivity index is 2.11. The van der Waals surface area contributed by atoms with Crippen molar-refractivity contribution in [2.45, 2.75) is 37.5 Å². The zero-order valence-corrected chi connectivity index (χ0v) is 20.3. The van der Waals surface area contributed by atoms with Crippen molar-refractivity contribution in [1.29, 1.82) is 0 Å². The highest BCUT2D eigenvalue weighted by molar-refractivity contribution is 8.00. The molecule has 0 aliphatic heterocycles. The number of ether oxygens (including phenoxy) is 1. The summed E-state index contributed by atoms with van der Waals surface area (Å²) >= 11 is 1.33. The van der Waals surface area contributed by atoms with Gasteiger partial charge in [0.15, 0.2) is 0 Å². The molecule has 0 unspecified atom stereocenters. The number of hydrogen-bond acceptors (Lipinski definition) is 6. The number of amides is 2. The van der Waals surface area contributed by atoms with Gasteiger partial charge in [-0.1, -0.05) is 13.8 Å². The van der Waals surface area contributed by atoms with Gasteiger partial charge in [-0.3, -0.25) is 9.59 Å². The SMILES string of the molecule is CCOc1ccc(NC(=O)CSc2ccc(NC(C)=O)cc2)cc1S(=O)(=O)N(CC)CC. The fourth-order valence-electron chi connectivity index (χ4n) is 2.95. The van der Waals surface area contributed by atoms with Gasteiger partial charge in [-0.05, 0) is 49.4 Å². The molecule has 0 radical (unpaired) electrons. The fourth-order valence-corrected chi connectivity index (χ4v) is 5.26. The molecule has 0 atom stereocenters. The number of thioether (sulfide) groups is 1.